The van der Waals surface area contributed by atoms with Crippen molar-refractivity contribution in [2.45, 2.75) is 28.7 Å². The molecule has 1 aliphatic heterocycles. The van der Waals surface area contributed by atoms with Crippen molar-refractivity contribution in [3.05, 3.63) is 84.2 Å². The van der Waals surface area contributed by atoms with E-state index in [0.717, 1.165) is 43.9 Å². The molecule has 40 heavy (non-hydrogen) atoms. The van der Waals surface area contributed by atoms with Gasteiger partial charge >= 0.3 is 11.4 Å². The Kier molecular flexibility index (Phi) is 6.35. The zero-order valence-corrected chi connectivity index (χ0v) is 23.5. The Hall–Kier alpha value is -4.09. The van der Waals surface area contributed by atoms with Crippen molar-refractivity contribution in [2.75, 3.05) is 6.54 Å². The van der Waals surface area contributed by atoms with Crippen molar-refractivity contribution in [3.8, 4) is 0 Å². The maximum atomic E-state index is 14.1. The summed E-state index contributed by atoms with van der Waals surface area (Å²) in [5.74, 6) is -0.181. The molecule has 4 aromatic rings. The molecule has 1 aliphatic rings. The third-order valence-electron chi connectivity index (χ3n) is 6.98. The summed E-state index contributed by atoms with van der Waals surface area (Å²) in [6, 6.07) is 5.06. The van der Waals surface area contributed by atoms with E-state index >= 15 is 0 Å². The van der Waals surface area contributed by atoms with Gasteiger partial charge in [-0.2, -0.15) is 4.31 Å². The van der Waals surface area contributed by atoms with Crippen LogP contribution in [0.2, 0.25) is 0 Å². The quantitative estimate of drug-likeness (QED) is 0.270. The van der Waals surface area contributed by atoms with Crippen molar-refractivity contribution in [1.82, 2.24) is 31.5 Å². The summed E-state index contributed by atoms with van der Waals surface area (Å²) < 4.78 is 60.8. The molecule has 4 heterocycles. The van der Waals surface area contributed by atoms with E-state index in [1.165, 1.54) is 20.2 Å². The minimum Gasteiger partial charge on any atom is -0.302 e. The number of para-hydroxylation sites is 2. The predicted octanol–water partition coefficient (Wildman–Crippen LogP) is -1.41. The van der Waals surface area contributed by atoms with E-state index in [-0.39, 0.29) is 29.8 Å². The van der Waals surface area contributed by atoms with Crippen molar-refractivity contribution in [3.63, 3.8) is 0 Å². The Bertz CT molecular complexity index is 2170. The van der Waals surface area contributed by atoms with Crippen LogP contribution in [0.15, 0.2) is 65.6 Å². The maximum Gasteiger partial charge on any atom is 0.330 e. The first-order chi connectivity index (χ1) is 18.7. The van der Waals surface area contributed by atoms with E-state index in [9.17, 15) is 36.0 Å². The molecule has 0 unspecified atom stereocenters. The molecule has 0 bridgehead atoms. The normalized spacial score (nSPS) is 16.6. The van der Waals surface area contributed by atoms with Crippen LogP contribution in [0.4, 0.5) is 0 Å². The fourth-order valence-electron chi connectivity index (χ4n) is 4.90. The van der Waals surface area contributed by atoms with Crippen LogP contribution in [0.5, 0.6) is 0 Å². The van der Waals surface area contributed by atoms with E-state index in [1.54, 1.807) is 18.2 Å². The molecule has 3 aromatic heterocycles. The van der Waals surface area contributed by atoms with Gasteiger partial charge in [0.1, 0.15) is 5.82 Å². The second-order valence-corrected chi connectivity index (χ2v) is 13.1. The fourth-order valence-corrected chi connectivity index (χ4v) is 8.37. The average molecular weight is 592 g/mol. The molecule has 0 N–H and O–H groups in total. The summed E-state index contributed by atoms with van der Waals surface area (Å²) in [6.45, 7) is -0.0517. The highest BCUT2D eigenvalue weighted by Gasteiger charge is 2.42. The van der Waals surface area contributed by atoms with Crippen molar-refractivity contribution >= 4 is 31.1 Å². The number of fused-ring (bicyclic) bond motifs is 1. The molecule has 15 nitrogen and oxygen atoms in total. The molecule has 0 aliphatic carbocycles. The van der Waals surface area contributed by atoms with Gasteiger partial charge in [0.15, 0.2) is 9.79 Å². The summed E-state index contributed by atoms with van der Waals surface area (Å²) >= 11 is 0. The van der Waals surface area contributed by atoms with Crippen molar-refractivity contribution < 1.29 is 16.8 Å². The second kappa shape index (κ2) is 9.24. The molecule has 5 rings (SSSR count). The molecular weight excluding hydrogens is 566 g/mol. The second-order valence-electron chi connectivity index (χ2n) is 9.50. The predicted molar refractivity (Wildman–Crippen MR) is 142 cm³/mol. The lowest BCUT2D eigenvalue weighted by molar-refractivity contribution is 0.381. The average Bonchev–Trinajstić information content (AvgIpc) is 3.56. The Morgan fingerprint density at radius 1 is 0.775 bits per heavy atom. The highest BCUT2D eigenvalue weighted by molar-refractivity contribution is 7.90. The lowest BCUT2D eigenvalue weighted by atomic mass is 10.2. The minimum atomic E-state index is -4.72. The number of benzene rings is 1. The lowest BCUT2D eigenvalue weighted by Gasteiger charge is -2.24. The van der Waals surface area contributed by atoms with Gasteiger partial charge in [-0.3, -0.25) is 18.7 Å². The first-order valence-electron chi connectivity index (χ1n) is 12.0. The number of rotatable bonds is 5. The number of imidazole rings is 1. The number of aryl methyl sites for hydroxylation is 2. The van der Waals surface area contributed by atoms with Gasteiger partial charge in [0, 0.05) is 47.1 Å². The topological polar surface area (TPSA) is 177 Å². The van der Waals surface area contributed by atoms with Gasteiger partial charge in [-0.05, 0) is 25.0 Å². The number of aromatic nitrogens is 6. The van der Waals surface area contributed by atoms with Gasteiger partial charge in [-0.25, -0.2) is 35.4 Å². The van der Waals surface area contributed by atoms with E-state index < -0.39 is 58.4 Å². The van der Waals surface area contributed by atoms with Crippen molar-refractivity contribution in [2.24, 2.45) is 28.2 Å². The molecule has 1 fully saturated rings. The van der Waals surface area contributed by atoms with E-state index in [0.29, 0.717) is 15.6 Å². The van der Waals surface area contributed by atoms with E-state index in [1.807, 2.05) is 0 Å². The zero-order valence-electron chi connectivity index (χ0n) is 21.9. The summed E-state index contributed by atoms with van der Waals surface area (Å²) in [7, 11) is -4.34. The first-order valence-corrected chi connectivity index (χ1v) is 14.9. The molecule has 0 radical (unpaired) electrons. The molecule has 1 aromatic carbocycles. The zero-order chi connectivity index (χ0) is 29.3. The summed E-state index contributed by atoms with van der Waals surface area (Å²) in [4.78, 5) is 53.3. The van der Waals surface area contributed by atoms with Crippen LogP contribution < -0.4 is 22.5 Å². The van der Waals surface area contributed by atoms with Gasteiger partial charge in [-0.15, -0.1) is 0 Å². The van der Waals surface area contributed by atoms with Crippen LogP contribution in [-0.2, 0) is 48.2 Å². The van der Waals surface area contributed by atoms with Gasteiger partial charge < -0.3 is 9.13 Å². The van der Waals surface area contributed by atoms with Gasteiger partial charge in [-0.1, -0.05) is 12.1 Å². The monoisotopic (exact) mass is 591 g/mol. The molecular formula is C23H25N7O8S2. The van der Waals surface area contributed by atoms with Crippen LogP contribution in [0.25, 0.3) is 11.0 Å². The SMILES string of the molecule is Cn1cc(S(=O)(=O)N2CCC[C@H]2c2nc3ccccc3n2S(=O)(=O)c2cn(C)c(=O)n(C)c2=O)c(=O)n(C)c1=O. The van der Waals surface area contributed by atoms with Crippen LogP contribution in [0.1, 0.15) is 24.7 Å². The summed E-state index contributed by atoms with van der Waals surface area (Å²) in [5.41, 5.74) is -3.21. The van der Waals surface area contributed by atoms with Gasteiger partial charge in [0.25, 0.3) is 31.2 Å². The Labute approximate surface area is 226 Å². The number of sulfonamides is 1. The van der Waals surface area contributed by atoms with E-state index in [2.05, 4.69) is 4.98 Å². The molecule has 0 spiro atoms. The van der Waals surface area contributed by atoms with Crippen molar-refractivity contribution in [1.29, 1.82) is 0 Å². The summed E-state index contributed by atoms with van der Waals surface area (Å²) in [6.07, 6.45) is 2.33. The molecule has 0 amide bonds. The standard InChI is InChI=1S/C23H25N7O8S2/c1-25-12-17(20(31)27(3)22(25)33)39(35,36)29-11-7-10-16(29)19-24-14-8-5-6-9-15(14)30(19)40(37,38)18-13-26(2)23(34)28(4)21(18)32/h5-6,8-9,12-13,16H,7,10-11H2,1-4H3/t16-/m0/s1. The van der Waals surface area contributed by atoms with Gasteiger partial charge in [0.2, 0.25) is 0 Å². The molecule has 0 saturated carbocycles. The summed E-state index contributed by atoms with van der Waals surface area (Å²) in [5, 5.41) is 0. The molecule has 212 valence electrons. The molecule has 17 heteroatoms. The van der Waals surface area contributed by atoms with Crippen LogP contribution >= 0.6 is 0 Å². The van der Waals surface area contributed by atoms with E-state index in [4.69, 9.17) is 0 Å². The first kappa shape index (κ1) is 27.5. The minimum absolute atomic E-state index is 0.0517. The van der Waals surface area contributed by atoms with Crippen LogP contribution in [-0.4, -0.2) is 54.9 Å². The Morgan fingerprint density at radius 2 is 1.30 bits per heavy atom. The largest absolute Gasteiger partial charge is 0.330 e. The maximum absolute atomic E-state index is 14.1. The number of hydrogen-bond donors (Lipinski definition) is 0. The van der Waals surface area contributed by atoms with Gasteiger partial charge in [0.05, 0.1) is 17.1 Å². The highest BCUT2D eigenvalue weighted by atomic mass is 32.2. The third kappa shape index (κ3) is 3.91. The smallest absolute Gasteiger partial charge is 0.302 e. The Balaban J connectivity index is 1.77. The highest BCUT2D eigenvalue weighted by Crippen LogP contribution is 2.38. The van der Waals surface area contributed by atoms with Crippen LogP contribution in [0, 0.1) is 0 Å². The molecule has 1 atom stereocenters. The number of nitrogens with zero attached hydrogens (tertiary/aromatic N) is 7. The Morgan fingerprint density at radius 3 is 1.88 bits per heavy atom. The number of hydrogen-bond acceptors (Lipinski definition) is 9. The van der Waals surface area contributed by atoms with Crippen LogP contribution in [0.3, 0.4) is 0 Å². The lowest BCUT2D eigenvalue weighted by Crippen LogP contribution is -2.43. The third-order valence-corrected chi connectivity index (χ3v) is 10.6. The fraction of sp³-hybridized carbons (Fsp3) is 0.348. The molecule has 1 saturated heterocycles.